The van der Waals surface area contributed by atoms with Crippen LogP contribution in [0.3, 0.4) is 0 Å². The van der Waals surface area contributed by atoms with E-state index in [4.69, 9.17) is 24.8 Å². The van der Waals surface area contributed by atoms with Crippen LogP contribution in [0.1, 0.15) is 95.2 Å². The maximum atomic E-state index is 10.8. The van der Waals surface area contributed by atoms with Crippen molar-refractivity contribution < 1.29 is 46.3 Å². The molecule has 0 unspecified atom stereocenters. The smallest absolute Gasteiger partial charge is 0.269 e. The van der Waals surface area contributed by atoms with Gasteiger partial charge in [-0.3, -0.25) is 13.7 Å². The van der Waals surface area contributed by atoms with Crippen LogP contribution in [0, 0.1) is 13.2 Å². The number of hydrogen-bond acceptors (Lipinski definition) is 2. The van der Waals surface area contributed by atoms with Crippen molar-refractivity contribution >= 4 is 61.7 Å². The van der Waals surface area contributed by atoms with E-state index in [9.17, 15) is 21.9 Å². The Hall–Kier alpha value is -10.9. The maximum absolute atomic E-state index is 10.8. The molecule has 5 nitrogen and oxygen atoms in total. The number of hydrogen-bond donors (Lipinski definition) is 0. The molecule has 12 aromatic carbocycles. The predicted molar refractivity (Wildman–Crippen MR) is 390 cm³/mol. The van der Waals surface area contributed by atoms with Crippen molar-refractivity contribution in [2.24, 2.45) is 0 Å². The van der Waals surface area contributed by atoms with Crippen molar-refractivity contribution in [1.82, 2.24) is 14.1 Å². The number of rotatable bonds is 13. The minimum Gasteiger partial charge on any atom is -0.458 e. The second-order valence-electron chi connectivity index (χ2n) is 24.6. The van der Waals surface area contributed by atoms with E-state index in [1.165, 1.54) is 18.3 Å². The molecule has 0 aliphatic rings. The van der Waals surface area contributed by atoms with Gasteiger partial charge in [0.05, 0.1) is 66.3 Å². The van der Waals surface area contributed by atoms with Crippen molar-refractivity contribution in [3.8, 4) is 73.2 Å². The number of para-hydroxylation sites is 2. The van der Waals surface area contributed by atoms with Crippen molar-refractivity contribution in [3.05, 3.63) is 332 Å². The van der Waals surface area contributed by atoms with E-state index in [-0.39, 0.29) is 55.9 Å². The van der Waals surface area contributed by atoms with Crippen LogP contribution in [0.2, 0.25) is 0 Å². The van der Waals surface area contributed by atoms with Gasteiger partial charge in [-0.1, -0.05) is 290 Å². The van der Waals surface area contributed by atoms with Gasteiger partial charge in [0.15, 0.2) is 8.07 Å². The van der Waals surface area contributed by atoms with E-state index in [0.717, 1.165) is 38.8 Å². The first kappa shape index (κ1) is 35.6. The molecule has 0 saturated heterocycles. The minimum atomic E-state index is -6.27. The average molecular weight is 1240 g/mol. The molecule has 0 N–H and O–H groups in total. The topological polar surface area (TPSA) is 35.9 Å². The standard InChI is InChI=1S/C87H72N4OSi/c1-60-51-84(88-58-79(60)61-27-12-8-13-28-61)91-80-46-21-20-43-77(80)78-49-48-70(57-82(78)91)92-69-35-25-34-68(56-69)89-59-90(85-75(64-30-22-32-66(52-64)86(2,3)4)44-26-45-76(85)65-31-23-33-67(53-65)87(5,6)7)81-50-47-63(55-83(81)89)62-29-24-42-74(54-62)93(71-36-14-9-15-37-71,72-38-16-10-17-39-72)73-40-18-11-19-41-73/h8-58H,1-7H3/i1D3,8D,9D,10D,11D,12D,13D,14D,15D,16D,17D,18D,19D,24D,27D,28D,29D,36D,37D,38D,39D,40D,41D,42D,54D. The molecule has 0 saturated carbocycles. The zero-order valence-corrected chi connectivity index (χ0v) is 52.3. The third kappa shape index (κ3) is 10.8. The van der Waals surface area contributed by atoms with E-state index in [1.54, 1.807) is 63.7 Å². The molecule has 0 atom stereocenters. The highest BCUT2D eigenvalue weighted by atomic mass is 28.3. The van der Waals surface area contributed by atoms with Crippen LogP contribution in [-0.4, -0.2) is 22.2 Å². The molecule has 3 aromatic heterocycles. The molecule has 0 spiro atoms. The van der Waals surface area contributed by atoms with Gasteiger partial charge in [-0.05, 0) is 143 Å². The molecular formula is C87H72N4OSi. The van der Waals surface area contributed by atoms with Gasteiger partial charge in [-0.25, -0.2) is 4.98 Å². The number of benzene rings is 12. The Balaban J connectivity index is 1.01. The normalized spacial score (nSPS) is 16.3. The van der Waals surface area contributed by atoms with Gasteiger partial charge in [-0.2, -0.15) is 0 Å². The molecule has 0 bridgehead atoms. The number of fused-ring (bicyclic) bond motifs is 4. The van der Waals surface area contributed by atoms with Crippen LogP contribution >= 0.6 is 0 Å². The highest BCUT2D eigenvalue weighted by Gasteiger charge is 2.41. The molecule has 3 heterocycles. The van der Waals surface area contributed by atoms with Crippen molar-refractivity contribution in [3.63, 3.8) is 0 Å². The number of pyridine rings is 1. The van der Waals surface area contributed by atoms with Gasteiger partial charge in [0, 0.05) is 32.7 Å². The summed E-state index contributed by atoms with van der Waals surface area (Å²) in [4.78, 5) is 4.75. The molecule has 15 aromatic rings. The maximum Gasteiger partial charge on any atom is 0.269 e. The van der Waals surface area contributed by atoms with Crippen LogP contribution in [0.25, 0.3) is 94.5 Å². The summed E-state index contributed by atoms with van der Waals surface area (Å²) in [5, 5.41) is -2.45. The Bertz CT molecular complexity index is 6560. The Kier molecular flexibility index (Phi) is 9.08. The molecule has 0 aliphatic heterocycles. The molecule has 450 valence electrons. The lowest BCUT2D eigenvalue weighted by Crippen LogP contribution is -2.74. The fourth-order valence-electron chi connectivity index (χ4n) is 12.2. The van der Waals surface area contributed by atoms with Crippen LogP contribution in [0.5, 0.6) is 11.5 Å². The van der Waals surface area contributed by atoms with Gasteiger partial charge in [0.1, 0.15) is 17.3 Å². The Labute approximate surface area is 584 Å². The Morgan fingerprint density at radius 2 is 1.02 bits per heavy atom. The zero-order valence-electron chi connectivity index (χ0n) is 78.3. The number of aromatic nitrogens is 4. The molecule has 0 radical (unpaired) electrons. The molecule has 6 heteroatoms. The summed E-state index contributed by atoms with van der Waals surface area (Å²) in [5.41, 5.74) is 5.84. The number of imidazole rings is 1. The molecule has 0 aliphatic carbocycles. The molecular weight excluding hydrogens is 1150 g/mol. The van der Waals surface area contributed by atoms with E-state index >= 15 is 0 Å². The van der Waals surface area contributed by atoms with Gasteiger partial charge in [0.2, 0.25) is 0 Å². The highest BCUT2D eigenvalue weighted by molar-refractivity contribution is 7.19. The van der Waals surface area contributed by atoms with E-state index in [2.05, 4.69) is 72.1 Å². The van der Waals surface area contributed by atoms with Crippen LogP contribution in [-0.2, 0) is 10.8 Å². The quantitative estimate of drug-likeness (QED) is 0.0499. The summed E-state index contributed by atoms with van der Waals surface area (Å²) < 4.78 is 262. The largest absolute Gasteiger partial charge is 0.458 e. The predicted octanol–water partition coefficient (Wildman–Crippen LogP) is 18.9. The van der Waals surface area contributed by atoms with Gasteiger partial charge in [-0.15, -0.1) is 0 Å². The average Bonchev–Trinajstić information content (AvgIpc) is 0.784. The number of aryl methyl sites for hydroxylation is 1. The van der Waals surface area contributed by atoms with Gasteiger partial charge < -0.3 is 4.74 Å². The van der Waals surface area contributed by atoms with E-state index < -0.39 is 186 Å². The summed E-state index contributed by atoms with van der Waals surface area (Å²) in [7, 11) is -6.27. The first-order chi connectivity index (χ1) is 56.4. The minimum absolute atomic E-state index is 0.0808. The molecule has 0 fully saturated rings. The summed E-state index contributed by atoms with van der Waals surface area (Å²) in [6.45, 7) is 9.77. The third-order valence-electron chi connectivity index (χ3n) is 16.8. The summed E-state index contributed by atoms with van der Waals surface area (Å²) >= 11 is 0. The molecule has 93 heavy (non-hydrogen) atoms. The SMILES string of the molecule is [2H]c1c([2H])c([2H])c(-c2cnc(-n3c4ccccc4c4ccc(Oc5cccc(-n6[c-][n+](-c7c(-c8cccc(C(C)(C)C)c8)cccc7-c7cccc(C(C)(C)C)c7)c7ccc(-c8c([2H])c([2H])c([2H])c([Si](c9c([2H])c([2H])c([2H])c([2H])c9[2H])(c9c([2H])c([2H])c([2H])c([2H])c9[2H])c9c([2H])c([2H])c([2H])c([2H])c9[2H])c8[2H])cc76)c5)cc43)cc2C([2H])([2H])[2H])c([2H])c1[2H]. The van der Waals surface area contributed by atoms with Crippen LogP contribution in [0.4, 0.5) is 0 Å². The lowest BCUT2D eigenvalue weighted by molar-refractivity contribution is -0.571. The summed E-state index contributed by atoms with van der Waals surface area (Å²) in [6.07, 6.45) is 4.88. The van der Waals surface area contributed by atoms with Crippen LogP contribution < -0.4 is 30.1 Å². The first-order valence-corrected chi connectivity index (χ1v) is 32.0. The summed E-state index contributed by atoms with van der Waals surface area (Å²) in [5.74, 6) is 0.616. The molecule has 15 rings (SSSR count). The van der Waals surface area contributed by atoms with Crippen molar-refractivity contribution in [2.75, 3.05) is 0 Å². The van der Waals surface area contributed by atoms with Gasteiger partial charge in [0.25, 0.3) is 6.33 Å². The summed E-state index contributed by atoms with van der Waals surface area (Å²) in [6, 6.07) is 24.4. The third-order valence-corrected chi connectivity index (χ3v) is 20.8. The zero-order chi connectivity index (χ0) is 86.8. The van der Waals surface area contributed by atoms with Gasteiger partial charge >= 0.3 is 0 Å². The fraction of sp³-hybridized carbons (Fsp3) is 0.103. The highest BCUT2D eigenvalue weighted by Crippen LogP contribution is 2.40. The lowest BCUT2D eigenvalue weighted by Gasteiger charge is -2.34. The number of ether oxygens (including phenoxy) is 1. The first-order valence-electron chi connectivity index (χ1n) is 43.5. The lowest BCUT2D eigenvalue weighted by atomic mass is 9.84. The van der Waals surface area contributed by atoms with E-state index in [1.807, 2.05) is 71.3 Å². The Morgan fingerprint density at radius 1 is 0.452 bits per heavy atom. The molecule has 0 amide bonds. The fourth-order valence-corrected chi connectivity index (χ4v) is 15.7. The van der Waals surface area contributed by atoms with Crippen LogP contribution in [0.15, 0.2) is 309 Å². The van der Waals surface area contributed by atoms with E-state index in [0.29, 0.717) is 33.3 Å². The second-order valence-corrected chi connectivity index (χ2v) is 28.1. The number of nitrogens with zero attached hydrogens (tertiary/aromatic N) is 4. The Morgan fingerprint density at radius 3 is 1.66 bits per heavy atom. The van der Waals surface area contributed by atoms with Crippen molar-refractivity contribution in [2.45, 2.75) is 59.2 Å². The second kappa shape index (κ2) is 23.7. The van der Waals surface area contributed by atoms with Crippen molar-refractivity contribution in [1.29, 1.82) is 0 Å². The monoisotopic (exact) mass is 1240 g/mol.